The molecule has 0 saturated carbocycles. The van der Waals surface area contributed by atoms with Crippen LogP contribution in [0.5, 0.6) is 0 Å². The quantitative estimate of drug-likeness (QED) is 0.430. The van der Waals surface area contributed by atoms with Crippen molar-refractivity contribution in [1.29, 1.82) is 0 Å². The van der Waals surface area contributed by atoms with Gasteiger partial charge in [0.05, 0.1) is 0 Å². The lowest BCUT2D eigenvalue weighted by molar-refractivity contribution is 0.778. The first-order chi connectivity index (χ1) is 3.91. The molecule has 0 rings (SSSR count). The largest absolute Gasteiger partial charge is 0.252 e. The van der Waals surface area contributed by atoms with Crippen molar-refractivity contribution >= 4 is 17.8 Å². The summed E-state index contributed by atoms with van der Waals surface area (Å²) in [4.78, 5) is 0. The molecule has 0 aromatic heterocycles. The predicted octanol–water partition coefficient (Wildman–Crippen LogP) is 3.10. The highest BCUT2D eigenvalue weighted by Gasteiger charge is 1.80. The Labute approximate surface area is 55.4 Å². The summed E-state index contributed by atoms with van der Waals surface area (Å²) in [6, 6.07) is 0. The third-order valence-electron chi connectivity index (χ3n) is 0.943. The number of hydrogen-bond acceptors (Lipinski definition) is 1. The van der Waals surface area contributed by atoms with Crippen LogP contribution >= 0.6 is 17.8 Å². The molecule has 1 nitrogen and oxygen atoms in total. The molecule has 0 aromatic carbocycles. The molecular formula is C5H13NP2. The van der Waals surface area contributed by atoms with Gasteiger partial charge in [-0.15, -0.1) is 0 Å². The van der Waals surface area contributed by atoms with E-state index in [-0.39, 0.29) is 0 Å². The van der Waals surface area contributed by atoms with Gasteiger partial charge in [-0.25, -0.2) is 0 Å². The SMILES string of the molecule is CCCCCP=NP. The maximum Gasteiger partial charge on any atom is 0.00718 e. The van der Waals surface area contributed by atoms with Gasteiger partial charge in [0.1, 0.15) is 0 Å². The molecule has 0 aromatic rings. The molecule has 0 fully saturated rings. The number of unbranched alkanes of at least 4 members (excludes halogenated alkanes) is 2. The van der Waals surface area contributed by atoms with Crippen LogP contribution in [-0.4, -0.2) is 6.16 Å². The average Bonchev–Trinajstić information content (AvgIpc) is 1.81. The Hall–Kier alpha value is 0.530. The lowest BCUT2D eigenvalue weighted by Gasteiger charge is -1.87. The van der Waals surface area contributed by atoms with E-state index in [4.69, 9.17) is 0 Å². The molecule has 0 spiro atoms. The van der Waals surface area contributed by atoms with Gasteiger partial charge in [-0.2, -0.15) is 0 Å². The Morgan fingerprint density at radius 2 is 2.25 bits per heavy atom. The smallest absolute Gasteiger partial charge is 0.00718 e. The van der Waals surface area contributed by atoms with Crippen LogP contribution in [0.4, 0.5) is 0 Å². The lowest BCUT2D eigenvalue weighted by atomic mass is 10.3. The number of rotatable bonds is 4. The number of nitrogens with zero attached hydrogens (tertiary/aromatic N) is 1. The van der Waals surface area contributed by atoms with Crippen molar-refractivity contribution in [2.45, 2.75) is 26.2 Å². The molecule has 1 atom stereocenters. The zero-order chi connectivity index (χ0) is 6.24. The van der Waals surface area contributed by atoms with E-state index in [1.54, 1.807) is 0 Å². The van der Waals surface area contributed by atoms with Crippen LogP contribution < -0.4 is 0 Å². The summed E-state index contributed by atoms with van der Waals surface area (Å²) < 4.78 is 3.90. The van der Waals surface area contributed by atoms with Gasteiger partial charge in [0.2, 0.25) is 0 Å². The molecule has 1 unspecified atom stereocenters. The van der Waals surface area contributed by atoms with E-state index in [0.29, 0.717) is 0 Å². The molecule has 8 heavy (non-hydrogen) atoms. The van der Waals surface area contributed by atoms with Crippen molar-refractivity contribution in [3.8, 4) is 0 Å². The second-order valence-electron chi connectivity index (χ2n) is 1.69. The van der Waals surface area contributed by atoms with Crippen LogP contribution in [0.3, 0.4) is 0 Å². The fourth-order valence-electron chi connectivity index (χ4n) is 0.490. The molecule has 0 amide bonds. The predicted molar refractivity (Wildman–Crippen MR) is 43.5 cm³/mol. The van der Waals surface area contributed by atoms with Gasteiger partial charge < -0.3 is 0 Å². The first kappa shape index (κ1) is 8.53. The molecule has 0 heterocycles. The highest BCUT2D eigenvalue weighted by Crippen LogP contribution is 2.07. The van der Waals surface area contributed by atoms with Gasteiger partial charge in [-0.3, -0.25) is 4.52 Å². The highest BCUT2D eigenvalue weighted by molar-refractivity contribution is 7.35. The zero-order valence-corrected chi connectivity index (χ0v) is 7.35. The second-order valence-corrected chi connectivity index (χ2v) is 3.34. The summed E-state index contributed by atoms with van der Waals surface area (Å²) in [6.07, 6.45) is 5.23. The second kappa shape index (κ2) is 7.53. The molecule has 3 heteroatoms. The fraction of sp³-hybridized carbons (Fsp3) is 1.00. The monoisotopic (exact) mass is 149 g/mol. The molecule has 48 valence electrons. The minimum absolute atomic E-state index is 1.22. The van der Waals surface area contributed by atoms with Gasteiger partial charge in [-0.1, -0.05) is 19.8 Å². The van der Waals surface area contributed by atoms with Crippen LogP contribution in [0, 0.1) is 0 Å². The first-order valence-corrected chi connectivity index (χ1v) is 4.53. The lowest BCUT2D eigenvalue weighted by Crippen LogP contribution is -1.71. The van der Waals surface area contributed by atoms with Crippen LogP contribution in [0.2, 0.25) is 0 Å². The van der Waals surface area contributed by atoms with Crippen LogP contribution in [0.25, 0.3) is 0 Å². The Bertz CT molecular complexity index is 63.4. The first-order valence-electron chi connectivity index (χ1n) is 2.98. The third kappa shape index (κ3) is 6.53. The molecule has 0 aliphatic rings. The molecule has 0 aliphatic heterocycles. The van der Waals surface area contributed by atoms with Gasteiger partial charge in [0.15, 0.2) is 0 Å². The Kier molecular flexibility index (Phi) is 8.03. The van der Waals surface area contributed by atoms with Crippen molar-refractivity contribution in [3.63, 3.8) is 0 Å². The Morgan fingerprint density at radius 3 is 2.75 bits per heavy atom. The van der Waals surface area contributed by atoms with Crippen LogP contribution in [0.15, 0.2) is 4.52 Å². The van der Waals surface area contributed by atoms with Crippen molar-refractivity contribution in [3.05, 3.63) is 0 Å². The fourth-order valence-corrected chi connectivity index (χ4v) is 1.32. The maximum atomic E-state index is 3.90. The van der Waals surface area contributed by atoms with Crippen LogP contribution in [0.1, 0.15) is 26.2 Å². The van der Waals surface area contributed by atoms with Crippen molar-refractivity contribution < 1.29 is 0 Å². The summed E-state index contributed by atoms with van der Waals surface area (Å²) in [5, 5.41) is 0. The number of hydrogen-bond donors (Lipinski definition) is 0. The summed E-state index contributed by atoms with van der Waals surface area (Å²) >= 11 is 0. The molecule has 0 N–H and O–H groups in total. The van der Waals surface area contributed by atoms with E-state index in [2.05, 4.69) is 20.8 Å². The van der Waals surface area contributed by atoms with E-state index in [1.807, 2.05) is 0 Å². The summed E-state index contributed by atoms with van der Waals surface area (Å²) in [7, 11) is 3.60. The molecule has 0 bridgehead atoms. The summed E-state index contributed by atoms with van der Waals surface area (Å²) in [6.45, 7) is 2.22. The maximum absolute atomic E-state index is 3.90. The standard InChI is InChI=1S/C5H13NP2/c1-2-3-4-5-8-6-7/h2-5,7H2,1H3. The molecule has 0 saturated heterocycles. The van der Waals surface area contributed by atoms with Crippen molar-refractivity contribution in [2.24, 2.45) is 4.52 Å². The van der Waals surface area contributed by atoms with Gasteiger partial charge in [0, 0.05) is 14.5 Å². The van der Waals surface area contributed by atoms with Gasteiger partial charge in [-0.05, 0) is 15.8 Å². The van der Waals surface area contributed by atoms with E-state index in [1.165, 1.54) is 33.8 Å². The van der Waals surface area contributed by atoms with Gasteiger partial charge >= 0.3 is 0 Å². The third-order valence-corrected chi connectivity index (χ3v) is 2.11. The normalized spacial score (nSPS) is 10.8. The topological polar surface area (TPSA) is 12.4 Å². The Balaban J connectivity index is 2.72. The molecule has 0 aliphatic carbocycles. The molecular weight excluding hydrogens is 136 g/mol. The minimum atomic E-state index is 1.22. The van der Waals surface area contributed by atoms with Gasteiger partial charge in [0.25, 0.3) is 0 Å². The zero-order valence-electron chi connectivity index (χ0n) is 5.30. The average molecular weight is 149 g/mol. The minimum Gasteiger partial charge on any atom is -0.252 e. The van der Waals surface area contributed by atoms with Crippen molar-refractivity contribution in [1.82, 2.24) is 0 Å². The Morgan fingerprint density at radius 1 is 1.50 bits per heavy atom. The van der Waals surface area contributed by atoms with E-state index < -0.39 is 0 Å². The van der Waals surface area contributed by atoms with Crippen molar-refractivity contribution in [2.75, 3.05) is 6.16 Å². The van der Waals surface area contributed by atoms with E-state index in [9.17, 15) is 0 Å². The molecule has 0 radical (unpaired) electrons. The van der Waals surface area contributed by atoms with E-state index >= 15 is 0 Å². The highest BCUT2D eigenvalue weighted by atomic mass is 31.1. The van der Waals surface area contributed by atoms with Crippen LogP contribution in [-0.2, 0) is 0 Å². The summed E-state index contributed by atoms with van der Waals surface area (Å²) in [5.41, 5.74) is 0. The summed E-state index contributed by atoms with van der Waals surface area (Å²) in [5.74, 6) is 0. The van der Waals surface area contributed by atoms with E-state index in [0.717, 1.165) is 0 Å².